The summed E-state index contributed by atoms with van der Waals surface area (Å²) < 4.78 is 12.4. The second kappa shape index (κ2) is 10.0. The molecule has 0 bridgehead atoms. The van der Waals surface area contributed by atoms with E-state index >= 15 is 0 Å². The molecule has 0 rings (SSSR count). The second-order valence-electron chi connectivity index (χ2n) is 5.97. The molecular weight excluding hydrogens is 295 g/mol. The van der Waals surface area contributed by atoms with Crippen LogP contribution in [0.4, 0.5) is 0 Å². The lowest BCUT2D eigenvalue weighted by Gasteiger charge is -2.24. The van der Waals surface area contributed by atoms with E-state index in [9.17, 15) is 0 Å². The van der Waals surface area contributed by atoms with E-state index in [2.05, 4.69) is 42.3 Å². The van der Waals surface area contributed by atoms with Crippen molar-refractivity contribution in [2.45, 2.75) is 0 Å². The number of thiocarbonyl (C=S) groups is 1. The van der Waals surface area contributed by atoms with Crippen LogP contribution < -0.4 is 24.8 Å². The lowest BCUT2D eigenvalue weighted by Crippen LogP contribution is -3.00. The van der Waals surface area contributed by atoms with Gasteiger partial charge in [-0.25, -0.2) is 0 Å². The van der Waals surface area contributed by atoms with Gasteiger partial charge >= 0.3 is 5.24 Å². The van der Waals surface area contributed by atoms with Crippen LogP contribution in [0.2, 0.25) is 0 Å². The lowest BCUT2D eigenvalue weighted by atomic mass is 10.5. The molecule has 0 N–H and O–H groups in total. The summed E-state index contributed by atoms with van der Waals surface area (Å²) in [5, 5.41) is 0.266. The Balaban J connectivity index is -0.00000112. The maximum Gasteiger partial charge on any atom is 0.352 e. The third-order valence-electron chi connectivity index (χ3n) is 1.96. The Morgan fingerprint density at radius 2 is 1.06 bits per heavy atom. The summed E-state index contributed by atoms with van der Waals surface area (Å²) in [6.07, 6.45) is 0. The average Bonchev–Trinajstić information content (AvgIpc) is 1.98. The van der Waals surface area contributed by atoms with Crippen molar-refractivity contribution in [3.63, 3.8) is 0 Å². The third kappa shape index (κ3) is 18.6. The van der Waals surface area contributed by atoms with Gasteiger partial charge in [0.2, 0.25) is 0 Å². The van der Waals surface area contributed by atoms with Gasteiger partial charge in [-0.2, -0.15) is 0 Å². The second-order valence-corrected chi connectivity index (χ2v) is 6.31. The summed E-state index contributed by atoms with van der Waals surface area (Å²) in [5.74, 6) is 0. The van der Waals surface area contributed by atoms with Gasteiger partial charge in [-0.3, -0.25) is 0 Å². The number of likely N-dealkylation sites (N-methyl/N-ethyl adjacent to an activating group) is 2. The number of rotatable bonds is 6. The fourth-order valence-corrected chi connectivity index (χ4v) is 1.01. The normalized spacial score (nSPS) is 11.0. The number of halogens is 2. The van der Waals surface area contributed by atoms with E-state index in [0.29, 0.717) is 13.2 Å². The Kier molecular flexibility index (Phi) is 13.0. The minimum Gasteiger partial charge on any atom is -1.00 e. The largest absolute Gasteiger partial charge is 1.00 e. The highest BCUT2D eigenvalue weighted by Crippen LogP contribution is 1.94. The molecule has 0 fully saturated rings. The van der Waals surface area contributed by atoms with Crippen LogP contribution in [0.5, 0.6) is 0 Å². The summed E-state index contributed by atoms with van der Waals surface area (Å²) in [6, 6.07) is 0. The highest BCUT2D eigenvalue weighted by Gasteiger charge is 2.10. The van der Waals surface area contributed by atoms with Crippen molar-refractivity contribution in [1.82, 2.24) is 0 Å². The van der Waals surface area contributed by atoms with Gasteiger partial charge in [0.25, 0.3) is 0 Å². The van der Waals surface area contributed by atoms with Crippen molar-refractivity contribution in [1.29, 1.82) is 0 Å². The minimum absolute atomic E-state index is 0. The molecule has 0 saturated heterocycles. The Morgan fingerprint density at radius 1 is 0.778 bits per heavy atom. The van der Waals surface area contributed by atoms with Gasteiger partial charge < -0.3 is 43.3 Å². The number of ether oxygens (including phenoxy) is 2. The maximum absolute atomic E-state index is 5.32. The van der Waals surface area contributed by atoms with Gasteiger partial charge in [0, 0.05) is 12.2 Å². The quantitative estimate of drug-likeness (QED) is 0.360. The average molecular weight is 321 g/mol. The van der Waals surface area contributed by atoms with Crippen molar-refractivity contribution >= 4 is 17.5 Å². The van der Waals surface area contributed by atoms with Gasteiger partial charge in [0.1, 0.15) is 26.3 Å². The Morgan fingerprint density at radius 3 is 1.28 bits per heavy atom. The zero-order chi connectivity index (χ0) is 12.8. The van der Waals surface area contributed by atoms with E-state index in [0.717, 1.165) is 22.1 Å². The molecule has 0 atom stereocenters. The van der Waals surface area contributed by atoms with Crippen LogP contribution in [0, 0.1) is 0 Å². The highest BCUT2D eigenvalue weighted by molar-refractivity contribution is 7.79. The molecule has 0 aliphatic carbocycles. The van der Waals surface area contributed by atoms with Gasteiger partial charge in [0.15, 0.2) is 0 Å². The van der Waals surface area contributed by atoms with Crippen LogP contribution in [-0.4, -0.2) is 82.8 Å². The first-order valence-corrected chi connectivity index (χ1v) is 5.91. The van der Waals surface area contributed by atoms with Gasteiger partial charge in [-0.1, -0.05) is 0 Å². The summed E-state index contributed by atoms with van der Waals surface area (Å²) in [5.41, 5.74) is 0. The molecule has 0 amide bonds. The summed E-state index contributed by atoms with van der Waals surface area (Å²) in [6.45, 7) is 3.04. The summed E-state index contributed by atoms with van der Waals surface area (Å²) in [7, 11) is 12.7. The number of quaternary nitrogens is 2. The van der Waals surface area contributed by atoms with Crippen molar-refractivity contribution in [2.75, 3.05) is 68.6 Å². The smallest absolute Gasteiger partial charge is 0.352 e. The molecule has 0 radical (unpaired) electrons. The topological polar surface area (TPSA) is 18.5 Å². The van der Waals surface area contributed by atoms with Crippen LogP contribution >= 0.6 is 12.2 Å². The fourth-order valence-electron chi connectivity index (χ4n) is 0.847. The molecular formula is C11H26Cl2N2O2S. The number of hydrogen-bond acceptors (Lipinski definition) is 3. The van der Waals surface area contributed by atoms with Gasteiger partial charge in [-0.15, -0.1) is 0 Å². The first-order valence-electron chi connectivity index (χ1n) is 5.51. The highest BCUT2D eigenvalue weighted by atomic mass is 35.5. The molecule has 0 unspecified atom stereocenters. The maximum atomic E-state index is 5.32. The molecule has 0 aliphatic rings. The van der Waals surface area contributed by atoms with Gasteiger partial charge in [-0.05, 0) is 0 Å². The minimum atomic E-state index is 0. The van der Waals surface area contributed by atoms with Crippen LogP contribution in [0.15, 0.2) is 0 Å². The number of hydrogen-bond donors (Lipinski definition) is 0. The standard InChI is InChI=1S/C11H26N2O2S.2ClH/c1-12(2,3)7-9-14-11(16)15-10-8-13(4,5)6;;/h7-10H2,1-6H3;2*1H/q+2;;/p-2. The first-order chi connectivity index (χ1) is 7.10. The van der Waals surface area contributed by atoms with Crippen LogP contribution in [-0.2, 0) is 9.47 Å². The Labute approximate surface area is 129 Å². The van der Waals surface area contributed by atoms with E-state index in [1.807, 2.05) is 0 Å². The van der Waals surface area contributed by atoms with E-state index < -0.39 is 0 Å². The van der Waals surface area contributed by atoms with E-state index in [1.165, 1.54) is 0 Å². The summed E-state index contributed by atoms with van der Waals surface area (Å²) >= 11 is 4.97. The predicted octanol–water partition coefficient (Wildman–Crippen LogP) is -5.28. The van der Waals surface area contributed by atoms with Crippen LogP contribution in [0.1, 0.15) is 0 Å². The van der Waals surface area contributed by atoms with Crippen LogP contribution in [0.3, 0.4) is 0 Å². The molecule has 0 aromatic carbocycles. The van der Waals surface area contributed by atoms with Crippen molar-refractivity contribution in [3.05, 3.63) is 0 Å². The third-order valence-corrected chi connectivity index (χ3v) is 2.20. The molecule has 4 nitrogen and oxygen atoms in total. The van der Waals surface area contributed by atoms with Gasteiger partial charge in [0.05, 0.1) is 42.3 Å². The molecule has 112 valence electrons. The molecule has 0 aromatic heterocycles. The Bertz CT molecular complexity index is 206. The van der Waals surface area contributed by atoms with Crippen LogP contribution in [0.25, 0.3) is 0 Å². The van der Waals surface area contributed by atoms with E-state index in [-0.39, 0.29) is 30.1 Å². The SMILES string of the molecule is C[N+](C)(C)CCOC(=S)OCC[N+](C)(C)C.[Cl-].[Cl-]. The number of nitrogens with zero attached hydrogens (tertiary/aromatic N) is 2. The monoisotopic (exact) mass is 320 g/mol. The summed E-state index contributed by atoms with van der Waals surface area (Å²) in [4.78, 5) is 0. The lowest BCUT2D eigenvalue weighted by molar-refractivity contribution is -0.870. The predicted molar refractivity (Wildman–Crippen MR) is 70.3 cm³/mol. The van der Waals surface area contributed by atoms with E-state index in [1.54, 1.807) is 0 Å². The molecule has 0 heterocycles. The van der Waals surface area contributed by atoms with E-state index in [4.69, 9.17) is 21.7 Å². The molecule has 0 aliphatic heterocycles. The zero-order valence-electron chi connectivity index (χ0n) is 12.2. The molecule has 0 saturated carbocycles. The zero-order valence-corrected chi connectivity index (χ0v) is 14.5. The van der Waals surface area contributed by atoms with Crippen molar-refractivity contribution < 1.29 is 43.3 Å². The molecule has 0 spiro atoms. The van der Waals surface area contributed by atoms with Crippen molar-refractivity contribution in [2.24, 2.45) is 0 Å². The molecule has 18 heavy (non-hydrogen) atoms. The fraction of sp³-hybridized carbons (Fsp3) is 0.909. The molecule has 7 heteroatoms. The first kappa shape index (κ1) is 23.3. The molecule has 0 aromatic rings. The Hall–Kier alpha value is 0.190. The van der Waals surface area contributed by atoms with Crippen molar-refractivity contribution in [3.8, 4) is 0 Å².